The van der Waals surface area contributed by atoms with Gasteiger partial charge in [-0.2, -0.15) is 0 Å². The zero-order valence-electron chi connectivity index (χ0n) is 14.7. The SMILES string of the molecule is CC.CC.CC1CCN(CC2(F)CCN(C)CC2)CC1. The molecule has 2 aliphatic heterocycles. The highest BCUT2D eigenvalue weighted by atomic mass is 19.1. The van der Waals surface area contributed by atoms with Gasteiger partial charge in [-0.1, -0.05) is 34.6 Å². The van der Waals surface area contributed by atoms with Gasteiger partial charge < -0.3 is 9.80 Å². The normalized spacial score (nSPS) is 24.1. The van der Waals surface area contributed by atoms with Crippen molar-refractivity contribution in [1.82, 2.24) is 9.80 Å². The standard InChI is InChI=1S/C13H25FN2.2C2H6/c1-12-3-7-16(8-4-12)11-13(14)5-9-15(2)10-6-13;2*1-2/h12H,3-11H2,1-2H3;2*1-2H3. The molecule has 0 aromatic carbocycles. The van der Waals surface area contributed by atoms with E-state index in [0.29, 0.717) is 6.54 Å². The summed E-state index contributed by atoms with van der Waals surface area (Å²) in [5.74, 6) is 0.837. The third-order valence-electron chi connectivity index (χ3n) is 4.27. The maximum absolute atomic E-state index is 14.6. The molecule has 0 radical (unpaired) electrons. The summed E-state index contributed by atoms with van der Waals surface area (Å²) in [6.07, 6.45) is 3.93. The van der Waals surface area contributed by atoms with E-state index in [2.05, 4.69) is 23.8 Å². The van der Waals surface area contributed by atoms with Crippen molar-refractivity contribution in [3.8, 4) is 0 Å². The number of rotatable bonds is 2. The molecule has 0 saturated carbocycles. The molecule has 2 aliphatic rings. The van der Waals surface area contributed by atoms with E-state index in [1.54, 1.807) is 0 Å². The van der Waals surface area contributed by atoms with Crippen LogP contribution in [-0.2, 0) is 0 Å². The fourth-order valence-electron chi connectivity index (χ4n) is 2.80. The Bertz CT molecular complexity index is 217. The van der Waals surface area contributed by atoms with Gasteiger partial charge in [-0.25, -0.2) is 4.39 Å². The van der Waals surface area contributed by atoms with Crippen molar-refractivity contribution < 1.29 is 4.39 Å². The number of piperidine rings is 2. The molecule has 0 aliphatic carbocycles. The molecule has 2 rings (SSSR count). The molecule has 0 spiro atoms. The van der Waals surface area contributed by atoms with Crippen LogP contribution in [0.3, 0.4) is 0 Å². The summed E-state index contributed by atoms with van der Waals surface area (Å²) in [6.45, 7) is 15.0. The molecule has 0 unspecified atom stereocenters. The number of likely N-dealkylation sites (tertiary alicyclic amines) is 2. The zero-order valence-corrected chi connectivity index (χ0v) is 14.7. The summed E-state index contributed by atoms with van der Waals surface area (Å²) in [4.78, 5) is 4.57. The van der Waals surface area contributed by atoms with Gasteiger partial charge in [-0.3, -0.25) is 0 Å². The first-order valence-electron chi connectivity index (χ1n) is 8.67. The lowest BCUT2D eigenvalue weighted by Gasteiger charge is -2.40. The van der Waals surface area contributed by atoms with E-state index in [9.17, 15) is 4.39 Å². The lowest BCUT2D eigenvalue weighted by molar-refractivity contribution is 0.0220. The molecule has 0 bridgehead atoms. The molecule has 20 heavy (non-hydrogen) atoms. The fraction of sp³-hybridized carbons (Fsp3) is 1.00. The van der Waals surface area contributed by atoms with Crippen LogP contribution in [0.5, 0.6) is 0 Å². The smallest absolute Gasteiger partial charge is 0.126 e. The molecule has 2 fully saturated rings. The van der Waals surface area contributed by atoms with Crippen molar-refractivity contribution in [3.05, 3.63) is 0 Å². The first-order valence-corrected chi connectivity index (χ1v) is 8.67. The van der Waals surface area contributed by atoms with Crippen LogP contribution in [0.4, 0.5) is 4.39 Å². The maximum atomic E-state index is 14.6. The molecular weight excluding hydrogens is 251 g/mol. The first-order chi connectivity index (χ1) is 9.57. The first kappa shape index (κ1) is 19.9. The topological polar surface area (TPSA) is 6.48 Å². The van der Waals surface area contributed by atoms with Crippen LogP contribution in [0.25, 0.3) is 0 Å². The minimum absolute atomic E-state index is 0.674. The van der Waals surface area contributed by atoms with Gasteiger partial charge in [-0.05, 0) is 51.7 Å². The summed E-state index contributed by atoms with van der Waals surface area (Å²) in [5, 5.41) is 0. The lowest BCUT2D eigenvalue weighted by Crippen LogP contribution is -2.49. The van der Waals surface area contributed by atoms with Crippen LogP contribution < -0.4 is 0 Å². The van der Waals surface area contributed by atoms with Crippen LogP contribution in [0, 0.1) is 5.92 Å². The minimum Gasteiger partial charge on any atom is -0.306 e. The number of nitrogens with zero attached hydrogens (tertiary/aromatic N) is 2. The largest absolute Gasteiger partial charge is 0.306 e. The average molecular weight is 288 g/mol. The molecule has 3 heteroatoms. The van der Waals surface area contributed by atoms with Gasteiger partial charge in [0, 0.05) is 19.6 Å². The van der Waals surface area contributed by atoms with Crippen molar-refractivity contribution in [2.75, 3.05) is 39.8 Å². The van der Waals surface area contributed by atoms with Gasteiger partial charge in [-0.15, -0.1) is 0 Å². The molecular formula is C17H37FN2. The number of hydrogen-bond acceptors (Lipinski definition) is 2. The Hall–Kier alpha value is -0.150. The second-order valence-corrected chi connectivity index (χ2v) is 5.91. The average Bonchev–Trinajstić information content (AvgIpc) is 2.49. The third-order valence-corrected chi connectivity index (χ3v) is 4.27. The number of hydrogen-bond donors (Lipinski definition) is 0. The van der Waals surface area contributed by atoms with E-state index in [1.807, 2.05) is 27.7 Å². The molecule has 0 aromatic heterocycles. The van der Waals surface area contributed by atoms with Gasteiger partial charge in [0.2, 0.25) is 0 Å². The van der Waals surface area contributed by atoms with E-state index in [-0.39, 0.29) is 0 Å². The van der Waals surface area contributed by atoms with Crippen molar-refractivity contribution in [3.63, 3.8) is 0 Å². The van der Waals surface area contributed by atoms with E-state index < -0.39 is 5.67 Å². The summed E-state index contributed by atoms with van der Waals surface area (Å²) in [7, 11) is 2.09. The van der Waals surface area contributed by atoms with Crippen molar-refractivity contribution in [1.29, 1.82) is 0 Å². The third kappa shape index (κ3) is 7.03. The van der Waals surface area contributed by atoms with E-state index in [4.69, 9.17) is 0 Å². The Morgan fingerprint density at radius 3 is 1.85 bits per heavy atom. The highest BCUT2D eigenvalue weighted by molar-refractivity contribution is 4.89. The van der Waals surface area contributed by atoms with Gasteiger partial charge in [0.05, 0.1) is 0 Å². The summed E-state index contributed by atoms with van der Waals surface area (Å²) in [6, 6.07) is 0. The Labute approximate surface area is 126 Å². The van der Waals surface area contributed by atoms with Gasteiger partial charge in [0.1, 0.15) is 5.67 Å². The maximum Gasteiger partial charge on any atom is 0.126 e. The Kier molecular flexibility index (Phi) is 10.5. The van der Waals surface area contributed by atoms with Crippen LogP contribution in [0.1, 0.15) is 60.3 Å². The molecule has 0 amide bonds. The van der Waals surface area contributed by atoms with Crippen LogP contribution in [0.15, 0.2) is 0 Å². The predicted molar refractivity (Wildman–Crippen MR) is 88.1 cm³/mol. The molecule has 0 atom stereocenters. The quantitative estimate of drug-likeness (QED) is 0.751. The fourth-order valence-corrected chi connectivity index (χ4v) is 2.80. The molecule has 2 saturated heterocycles. The minimum atomic E-state index is -0.910. The Morgan fingerprint density at radius 2 is 1.40 bits per heavy atom. The summed E-state index contributed by atoms with van der Waals surface area (Å²) < 4.78 is 14.6. The Balaban J connectivity index is 0.000000829. The summed E-state index contributed by atoms with van der Waals surface area (Å²) in [5.41, 5.74) is -0.910. The second-order valence-electron chi connectivity index (χ2n) is 5.91. The van der Waals surface area contributed by atoms with E-state index in [1.165, 1.54) is 12.8 Å². The van der Waals surface area contributed by atoms with E-state index >= 15 is 0 Å². The molecule has 0 N–H and O–H groups in total. The van der Waals surface area contributed by atoms with Crippen LogP contribution >= 0.6 is 0 Å². The van der Waals surface area contributed by atoms with Crippen molar-refractivity contribution >= 4 is 0 Å². The highest BCUT2D eigenvalue weighted by Gasteiger charge is 2.35. The predicted octanol–water partition coefficient (Wildman–Crippen LogP) is 4.20. The molecule has 2 heterocycles. The second kappa shape index (κ2) is 10.6. The number of alkyl halides is 1. The van der Waals surface area contributed by atoms with Crippen molar-refractivity contribution in [2.45, 2.75) is 66.0 Å². The van der Waals surface area contributed by atoms with E-state index in [0.717, 1.165) is 44.9 Å². The zero-order chi connectivity index (χ0) is 15.6. The van der Waals surface area contributed by atoms with Crippen molar-refractivity contribution in [2.24, 2.45) is 5.92 Å². The van der Waals surface area contributed by atoms with Crippen LogP contribution in [-0.4, -0.2) is 55.2 Å². The molecule has 0 aromatic rings. The molecule has 2 nitrogen and oxygen atoms in total. The molecule has 122 valence electrons. The van der Waals surface area contributed by atoms with Gasteiger partial charge in [0.15, 0.2) is 0 Å². The van der Waals surface area contributed by atoms with Gasteiger partial charge >= 0.3 is 0 Å². The highest BCUT2D eigenvalue weighted by Crippen LogP contribution is 2.28. The number of halogens is 1. The van der Waals surface area contributed by atoms with Crippen LogP contribution in [0.2, 0.25) is 0 Å². The Morgan fingerprint density at radius 1 is 0.950 bits per heavy atom. The van der Waals surface area contributed by atoms with Gasteiger partial charge in [0.25, 0.3) is 0 Å². The summed E-state index contributed by atoms with van der Waals surface area (Å²) >= 11 is 0. The lowest BCUT2D eigenvalue weighted by atomic mass is 9.91. The monoisotopic (exact) mass is 288 g/mol.